The second kappa shape index (κ2) is 5.79. The van der Waals surface area contributed by atoms with Crippen molar-refractivity contribution in [3.63, 3.8) is 0 Å². The van der Waals surface area contributed by atoms with Gasteiger partial charge in [0.15, 0.2) is 11.2 Å². The third kappa shape index (κ3) is 2.77. The molecule has 0 spiro atoms. The third-order valence-electron chi connectivity index (χ3n) is 4.21. The van der Waals surface area contributed by atoms with Gasteiger partial charge in [-0.2, -0.15) is 0 Å². The lowest BCUT2D eigenvalue weighted by Gasteiger charge is -2.27. The molecular weight excluding hydrogens is 254 g/mol. The first-order chi connectivity index (χ1) is 9.74. The first kappa shape index (κ1) is 13.4. The topological polar surface area (TPSA) is 60.1 Å². The molecule has 0 saturated heterocycles. The lowest BCUT2D eigenvalue weighted by Crippen LogP contribution is -2.35. The maximum Gasteiger partial charge on any atom is 0.421 e. The number of hydrogen-bond acceptors (Lipinski definition) is 4. The monoisotopic (exact) mass is 275 g/mol. The number of aromatic nitrogens is 2. The fraction of sp³-hybridized carbons (Fsp3) is 0.600. The SMILES string of the molecule is CC1CCC(NCCn2c(=O)oc3cccnc32)CC1. The molecule has 0 unspecified atom stereocenters. The third-order valence-corrected chi connectivity index (χ3v) is 4.21. The van der Waals surface area contributed by atoms with E-state index in [1.807, 2.05) is 0 Å². The second-order valence-electron chi connectivity index (χ2n) is 5.76. The number of oxazole rings is 1. The predicted octanol–water partition coefficient (Wildman–Crippen LogP) is 2.16. The molecule has 1 aliphatic rings. The number of pyridine rings is 1. The molecule has 2 aromatic rings. The van der Waals surface area contributed by atoms with Gasteiger partial charge in [-0.3, -0.25) is 4.57 Å². The molecule has 0 aliphatic heterocycles. The molecule has 5 nitrogen and oxygen atoms in total. The van der Waals surface area contributed by atoms with Gasteiger partial charge in [0.25, 0.3) is 0 Å². The van der Waals surface area contributed by atoms with Gasteiger partial charge in [0.1, 0.15) is 0 Å². The van der Waals surface area contributed by atoms with E-state index in [0.717, 1.165) is 12.5 Å². The van der Waals surface area contributed by atoms with Crippen LogP contribution in [-0.4, -0.2) is 22.1 Å². The normalized spacial score (nSPS) is 23.2. The maximum absolute atomic E-state index is 11.8. The molecule has 1 aliphatic carbocycles. The summed E-state index contributed by atoms with van der Waals surface area (Å²) in [6.07, 6.45) is 6.76. The summed E-state index contributed by atoms with van der Waals surface area (Å²) in [4.78, 5) is 16.0. The standard InChI is InChI=1S/C15H21N3O2/c1-11-4-6-12(7-5-11)16-9-10-18-14-13(20-15(18)19)3-2-8-17-14/h2-3,8,11-12,16H,4-7,9-10H2,1H3. The molecule has 0 atom stereocenters. The zero-order chi connectivity index (χ0) is 13.9. The van der Waals surface area contributed by atoms with E-state index in [2.05, 4.69) is 17.2 Å². The van der Waals surface area contributed by atoms with Gasteiger partial charge in [-0.15, -0.1) is 0 Å². The van der Waals surface area contributed by atoms with Crippen LogP contribution in [0.25, 0.3) is 11.2 Å². The highest BCUT2D eigenvalue weighted by Crippen LogP contribution is 2.23. The van der Waals surface area contributed by atoms with Crippen LogP contribution >= 0.6 is 0 Å². The summed E-state index contributed by atoms with van der Waals surface area (Å²) in [6, 6.07) is 4.14. The Labute approximate surface area is 118 Å². The summed E-state index contributed by atoms with van der Waals surface area (Å²) in [6.45, 7) is 3.71. The Morgan fingerprint density at radius 2 is 2.20 bits per heavy atom. The average molecular weight is 275 g/mol. The summed E-state index contributed by atoms with van der Waals surface area (Å²) in [7, 11) is 0. The van der Waals surface area contributed by atoms with Gasteiger partial charge >= 0.3 is 5.76 Å². The van der Waals surface area contributed by atoms with E-state index < -0.39 is 0 Å². The van der Waals surface area contributed by atoms with Crippen LogP contribution in [0.15, 0.2) is 27.5 Å². The van der Waals surface area contributed by atoms with E-state index in [4.69, 9.17) is 4.42 Å². The Morgan fingerprint density at radius 1 is 1.40 bits per heavy atom. The van der Waals surface area contributed by atoms with Gasteiger partial charge < -0.3 is 9.73 Å². The number of nitrogens with one attached hydrogen (secondary N) is 1. The molecule has 1 N–H and O–H groups in total. The van der Waals surface area contributed by atoms with Gasteiger partial charge in [-0.05, 0) is 43.7 Å². The highest BCUT2D eigenvalue weighted by molar-refractivity contribution is 5.67. The number of hydrogen-bond donors (Lipinski definition) is 1. The van der Waals surface area contributed by atoms with Gasteiger partial charge in [0.05, 0.1) is 0 Å². The van der Waals surface area contributed by atoms with Crippen molar-refractivity contribution >= 4 is 11.2 Å². The van der Waals surface area contributed by atoms with Crippen LogP contribution < -0.4 is 11.1 Å². The Balaban J connectivity index is 1.60. The molecule has 2 aromatic heterocycles. The van der Waals surface area contributed by atoms with Crippen molar-refractivity contribution in [1.82, 2.24) is 14.9 Å². The molecule has 3 rings (SSSR count). The average Bonchev–Trinajstić information content (AvgIpc) is 2.77. The summed E-state index contributed by atoms with van der Waals surface area (Å²) >= 11 is 0. The van der Waals surface area contributed by atoms with Gasteiger partial charge in [-0.1, -0.05) is 6.92 Å². The van der Waals surface area contributed by atoms with Crippen LogP contribution in [0.2, 0.25) is 0 Å². The van der Waals surface area contributed by atoms with Crippen molar-refractivity contribution in [3.05, 3.63) is 28.9 Å². The molecule has 1 fully saturated rings. The van der Waals surface area contributed by atoms with E-state index in [9.17, 15) is 4.79 Å². The first-order valence-electron chi connectivity index (χ1n) is 7.42. The van der Waals surface area contributed by atoms with Crippen LogP contribution in [0, 0.1) is 5.92 Å². The molecule has 0 radical (unpaired) electrons. The Bertz CT molecular complexity index is 623. The molecule has 108 valence electrons. The quantitative estimate of drug-likeness (QED) is 0.929. The highest BCUT2D eigenvalue weighted by Gasteiger charge is 2.17. The Kier molecular flexibility index (Phi) is 3.87. The minimum Gasteiger partial charge on any atom is -0.406 e. The summed E-state index contributed by atoms with van der Waals surface area (Å²) in [5.74, 6) is 0.537. The van der Waals surface area contributed by atoms with E-state index in [1.54, 1.807) is 22.9 Å². The predicted molar refractivity (Wildman–Crippen MR) is 77.7 cm³/mol. The smallest absolute Gasteiger partial charge is 0.406 e. The van der Waals surface area contributed by atoms with E-state index in [0.29, 0.717) is 23.8 Å². The van der Waals surface area contributed by atoms with E-state index >= 15 is 0 Å². The summed E-state index contributed by atoms with van der Waals surface area (Å²) in [5, 5.41) is 3.54. The van der Waals surface area contributed by atoms with Crippen molar-refractivity contribution in [2.45, 2.75) is 45.2 Å². The van der Waals surface area contributed by atoms with Crippen molar-refractivity contribution in [2.24, 2.45) is 5.92 Å². The van der Waals surface area contributed by atoms with E-state index in [1.165, 1.54) is 25.7 Å². The zero-order valence-electron chi connectivity index (χ0n) is 11.8. The molecule has 0 amide bonds. The van der Waals surface area contributed by atoms with Crippen LogP contribution in [0.3, 0.4) is 0 Å². The van der Waals surface area contributed by atoms with Crippen LogP contribution in [0.1, 0.15) is 32.6 Å². The van der Waals surface area contributed by atoms with Crippen molar-refractivity contribution in [1.29, 1.82) is 0 Å². The van der Waals surface area contributed by atoms with Crippen LogP contribution in [0.5, 0.6) is 0 Å². The van der Waals surface area contributed by atoms with Crippen LogP contribution in [0.4, 0.5) is 0 Å². The number of rotatable bonds is 4. The van der Waals surface area contributed by atoms with Crippen molar-refractivity contribution in [3.8, 4) is 0 Å². The second-order valence-corrected chi connectivity index (χ2v) is 5.76. The van der Waals surface area contributed by atoms with Crippen molar-refractivity contribution in [2.75, 3.05) is 6.54 Å². The van der Waals surface area contributed by atoms with Gasteiger partial charge in [0.2, 0.25) is 0 Å². The molecular formula is C15H21N3O2. The van der Waals surface area contributed by atoms with Gasteiger partial charge in [0, 0.05) is 25.3 Å². The fourth-order valence-corrected chi connectivity index (χ4v) is 2.94. The minimum atomic E-state index is -0.322. The fourth-order valence-electron chi connectivity index (χ4n) is 2.94. The molecule has 5 heteroatoms. The Morgan fingerprint density at radius 3 is 3.00 bits per heavy atom. The molecule has 0 aromatic carbocycles. The number of fused-ring (bicyclic) bond motifs is 1. The van der Waals surface area contributed by atoms with Crippen molar-refractivity contribution < 1.29 is 4.42 Å². The lowest BCUT2D eigenvalue weighted by atomic mass is 9.87. The first-order valence-corrected chi connectivity index (χ1v) is 7.42. The minimum absolute atomic E-state index is 0.322. The van der Waals surface area contributed by atoms with Gasteiger partial charge in [-0.25, -0.2) is 9.78 Å². The molecule has 2 heterocycles. The maximum atomic E-state index is 11.8. The highest BCUT2D eigenvalue weighted by atomic mass is 16.4. The molecule has 1 saturated carbocycles. The summed E-state index contributed by atoms with van der Waals surface area (Å²) < 4.78 is 6.78. The molecule has 20 heavy (non-hydrogen) atoms. The molecule has 0 bridgehead atoms. The summed E-state index contributed by atoms with van der Waals surface area (Å²) in [5.41, 5.74) is 1.19. The number of nitrogens with zero attached hydrogens (tertiary/aromatic N) is 2. The van der Waals surface area contributed by atoms with E-state index in [-0.39, 0.29) is 5.76 Å². The Hall–Kier alpha value is -1.62. The zero-order valence-corrected chi connectivity index (χ0v) is 11.8. The lowest BCUT2D eigenvalue weighted by molar-refractivity contribution is 0.304. The largest absolute Gasteiger partial charge is 0.421 e. The van der Waals surface area contributed by atoms with Crippen LogP contribution in [-0.2, 0) is 6.54 Å².